The van der Waals surface area contributed by atoms with Crippen molar-refractivity contribution < 1.29 is 4.79 Å². The van der Waals surface area contributed by atoms with Gasteiger partial charge in [0.1, 0.15) is 5.71 Å². The summed E-state index contributed by atoms with van der Waals surface area (Å²) < 4.78 is 0. The van der Waals surface area contributed by atoms with Crippen LogP contribution in [0.15, 0.2) is 12.2 Å². The van der Waals surface area contributed by atoms with E-state index in [0.717, 1.165) is 12.3 Å². The second kappa shape index (κ2) is 3.54. The van der Waals surface area contributed by atoms with Crippen molar-refractivity contribution in [2.75, 3.05) is 0 Å². The zero-order valence-electron chi connectivity index (χ0n) is 4.72. The van der Waals surface area contributed by atoms with E-state index in [4.69, 9.17) is 10.8 Å². The molecule has 0 heterocycles. The molecule has 9 heavy (non-hydrogen) atoms. The Labute approximate surface area is 52.4 Å². The Morgan fingerprint density at radius 1 is 1.56 bits per heavy atom. The van der Waals surface area contributed by atoms with E-state index in [0.29, 0.717) is 0 Å². The number of carbonyl (C=O) groups excluding carboxylic acids is 1. The van der Waals surface area contributed by atoms with Crippen molar-refractivity contribution in [1.82, 2.24) is 0 Å². The number of carbonyl (C=O) groups is 1. The molecule has 0 spiro atoms. The van der Waals surface area contributed by atoms with Gasteiger partial charge in [-0.2, -0.15) is 0 Å². The van der Waals surface area contributed by atoms with Crippen LogP contribution in [0.1, 0.15) is 0 Å². The monoisotopic (exact) mass is 125 g/mol. The topological polar surface area (TPSA) is 90.8 Å². The lowest BCUT2D eigenvalue weighted by Gasteiger charge is -1.84. The van der Waals surface area contributed by atoms with Crippen LogP contribution in [-0.2, 0) is 4.79 Å². The summed E-state index contributed by atoms with van der Waals surface area (Å²) in [7, 11) is 0. The molecule has 0 aromatic carbocycles. The van der Waals surface area contributed by atoms with Crippen LogP contribution in [0.5, 0.6) is 0 Å². The van der Waals surface area contributed by atoms with Crippen LogP contribution < -0.4 is 5.73 Å². The highest BCUT2D eigenvalue weighted by Gasteiger charge is 1.95. The highest BCUT2D eigenvalue weighted by molar-refractivity contribution is 6.41. The SMILES string of the molecule is N=C/C=C\C(=N)C(N)=O. The van der Waals surface area contributed by atoms with Crippen molar-refractivity contribution in [3.05, 3.63) is 12.2 Å². The quantitative estimate of drug-likeness (QED) is 0.444. The maximum absolute atomic E-state index is 10.1. The Bertz CT molecular complexity index is 171. The van der Waals surface area contributed by atoms with E-state index < -0.39 is 5.91 Å². The fourth-order valence-corrected chi connectivity index (χ4v) is 0.226. The zero-order valence-corrected chi connectivity index (χ0v) is 4.72. The lowest BCUT2D eigenvalue weighted by molar-refractivity contribution is -0.111. The summed E-state index contributed by atoms with van der Waals surface area (Å²) in [4.78, 5) is 10.1. The first-order valence-corrected chi connectivity index (χ1v) is 2.24. The fourth-order valence-electron chi connectivity index (χ4n) is 0.226. The molecular formula is C5H7N3O. The molecule has 0 atom stereocenters. The van der Waals surface area contributed by atoms with Crippen LogP contribution in [0, 0.1) is 10.8 Å². The van der Waals surface area contributed by atoms with Crippen molar-refractivity contribution >= 4 is 17.8 Å². The molecule has 0 unspecified atom stereocenters. The third kappa shape index (κ3) is 3.16. The Morgan fingerprint density at radius 3 is 2.44 bits per heavy atom. The summed E-state index contributed by atoms with van der Waals surface area (Å²) in [6.45, 7) is 0. The molecule has 0 aromatic heterocycles. The standard InChI is InChI=1S/C5H7N3O/c6-3-1-2-4(7)5(8)9/h1-3,6-7H,(H2,8,9)/b2-1-,6-3?,7-4?. The van der Waals surface area contributed by atoms with Crippen LogP contribution >= 0.6 is 0 Å². The molecule has 0 aliphatic carbocycles. The van der Waals surface area contributed by atoms with E-state index in [1.165, 1.54) is 6.08 Å². The highest BCUT2D eigenvalue weighted by Crippen LogP contribution is 1.72. The number of primary amides is 1. The number of nitrogens with one attached hydrogen (secondary N) is 2. The first kappa shape index (κ1) is 7.55. The molecule has 0 rings (SSSR count). The minimum absolute atomic E-state index is 0.293. The minimum Gasteiger partial charge on any atom is -0.364 e. The van der Waals surface area contributed by atoms with Gasteiger partial charge in [-0.1, -0.05) is 0 Å². The van der Waals surface area contributed by atoms with E-state index in [1.807, 2.05) is 0 Å². The summed E-state index contributed by atoms with van der Waals surface area (Å²) in [6, 6.07) is 0. The first-order chi connectivity index (χ1) is 4.18. The molecule has 0 aliphatic heterocycles. The maximum Gasteiger partial charge on any atom is 0.266 e. The van der Waals surface area contributed by atoms with Gasteiger partial charge in [0.05, 0.1) is 0 Å². The molecule has 0 saturated heterocycles. The highest BCUT2D eigenvalue weighted by atomic mass is 16.1. The van der Waals surface area contributed by atoms with Gasteiger partial charge in [-0.05, 0) is 12.2 Å². The molecule has 48 valence electrons. The molecule has 0 saturated carbocycles. The van der Waals surface area contributed by atoms with E-state index in [9.17, 15) is 4.79 Å². The third-order valence-corrected chi connectivity index (χ3v) is 0.625. The second-order valence-corrected chi connectivity index (χ2v) is 1.30. The zero-order chi connectivity index (χ0) is 7.28. The van der Waals surface area contributed by atoms with Crippen LogP contribution in [0.25, 0.3) is 0 Å². The van der Waals surface area contributed by atoms with Crippen LogP contribution in [0.2, 0.25) is 0 Å². The molecule has 0 aliphatic rings. The Morgan fingerprint density at radius 2 is 2.11 bits per heavy atom. The van der Waals surface area contributed by atoms with Gasteiger partial charge in [-0.3, -0.25) is 10.2 Å². The van der Waals surface area contributed by atoms with Gasteiger partial charge in [0.15, 0.2) is 0 Å². The summed E-state index contributed by atoms with van der Waals surface area (Å²) in [6.07, 6.45) is 3.39. The molecule has 4 nitrogen and oxygen atoms in total. The first-order valence-electron chi connectivity index (χ1n) is 2.24. The predicted molar refractivity (Wildman–Crippen MR) is 34.8 cm³/mol. The van der Waals surface area contributed by atoms with Gasteiger partial charge in [0.25, 0.3) is 5.91 Å². The van der Waals surface area contributed by atoms with Crippen molar-refractivity contribution in [3.8, 4) is 0 Å². The van der Waals surface area contributed by atoms with E-state index in [2.05, 4.69) is 5.73 Å². The van der Waals surface area contributed by atoms with Crippen LogP contribution in [0.4, 0.5) is 0 Å². The molecule has 0 bridgehead atoms. The fraction of sp³-hybridized carbons (Fsp3) is 0. The van der Waals surface area contributed by atoms with Crippen LogP contribution in [-0.4, -0.2) is 17.8 Å². The average Bonchev–Trinajstić information content (AvgIpc) is 1.82. The number of nitrogens with two attached hydrogens (primary N) is 1. The summed E-state index contributed by atoms with van der Waals surface area (Å²) in [5.41, 5.74) is 4.39. The maximum atomic E-state index is 10.1. The summed E-state index contributed by atoms with van der Waals surface area (Å²) >= 11 is 0. The number of rotatable bonds is 3. The third-order valence-electron chi connectivity index (χ3n) is 0.625. The van der Waals surface area contributed by atoms with Crippen molar-refractivity contribution in [1.29, 1.82) is 10.8 Å². The van der Waals surface area contributed by atoms with Gasteiger partial charge >= 0.3 is 0 Å². The average molecular weight is 125 g/mol. The Kier molecular flexibility index (Phi) is 2.97. The smallest absolute Gasteiger partial charge is 0.266 e. The molecular weight excluding hydrogens is 118 g/mol. The summed E-state index contributed by atoms with van der Waals surface area (Å²) in [5.74, 6) is -0.784. The Hall–Kier alpha value is -1.45. The van der Waals surface area contributed by atoms with E-state index in [-0.39, 0.29) is 5.71 Å². The largest absolute Gasteiger partial charge is 0.364 e. The molecule has 4 heteroatoms. The second-order valence-electron chi connectivity index (χ2n) is 1.30. The molecule has 0 fully saturated rings. The molecule has 0 radical (unpaired) electrons. The molecule has 0 aromatic rings. The van der Waals surface area contributed by atoms with Crippen molar-refractivity contribution in [3.63, 3.8) is 0 Å². The number of hydrogen-bond acceptors (Lipinski definition) is 3. The minimum atomic E-state index is -0.784. The van der Waals surface area contributed by atoms with Gasteiger partial charge in [0, 0.05) is 6.21 Å². The van der Waals surface area contributed by atoms with Gasteiger partial charge in [-0.25, -0.2) is 0 Å². The lowest BCUT2D eigenvalue weighted by Crippen LogP contribution is -2.19. The number of allylic oxidation sites excluding steroid dienone is 1. The summed E-state index contributed by atoms with van der Waals surface area (Å²) in [5, 5.41) is 13.3. The lowest BCUT2D eigenvalue weighted by atomic mass is 10.3. The van der Waals surface area contributed by atoms with Crippen molar-refractivity contribution in [2.45, 2.75) is 0 Å². The van der Waals surface area contributed by atoms with Gasteiger partial charge < -0.3 is 11.1 Å². The van der Waals surface area contributed by atoms with Gasteiger partial charge in [-0.15, -0.1) is 0 Å². The van der Waals surface area contributed by atoms with Gasteiger partial charge in [0.2, 0.25) is 0 Å². The number of hydrogen-bond donors (Lipinski definition) is 3. The predicted octanol–water partition coefficient (Wildman–Crippen LogP) is -0.303. The van der Waals surface area contributed by atoms with Crippen molar-refractivity contribution in [2.24, 2.45) is 5.73 Å². The normalized spacial score (nSPS) is 9.33. The number of amides is 1. The van der Waals surface area contributed by atoms with E-state index in [1.54, 1.807) is 0 Å². The van der Waals surface area contributed by atoms with Crippen LogP contribution in [0.3, 0.4) is 0 Å². The molecule has 1 amide bonds. The van der Waals surface area contributed by atoms with E-state index >= 15 is 0 Å². The Balaban J connectivity index is 3.92. The molecule has 4 N–H and O–H groups in total.